The third kappa shape index (κ3) is 4.07. The van der Waals surface area contributed by atoms with Crippen LogP contribution in [0.15, 0.2) is 54.9 Å². The van der Waals surface area contributed by atoms with Crippen molar-refractivity contribution in [3.8, 4) is 5.69 Å². The minimum absolute atomic E-state index is 0.301. The Hall–Kier alpha value is -3.06. The van der Waals surface area contributed by atoms with Gasteiger partial charge in [0.05, 0.1) is 18.1 Å². The lowest BCUT2D eigenvalue weighted by molar-refractivity contribution is 0.102. The first-order valence-electron chi connectivity index (χ1n) is 7.74. The second kappa shape index (κ2) is 7.23. The molecule has 3 rings (SSSR count). The van der Waals surface area contributed by atoms with Crippen LogP contribution in [0, 0.1) is 5.82 Å². The van der Waals surface area contributed by atoms with Gasteiger partial charge in [-0.1, -0.05) is 11.3 Å². The first kappa shape index (κ1) is 16.8. The number of hydrogen-bond donors (Lipinski definition) is 1. The molecule has 0 atom stereocenters. The Morgan fingerprint density at radius 2 is 1.96 bits per heavy atom. The molecule has 0 saturated heterocycles. The number of rotatable bonds is 5. The van der Waals surface area contributed by atoms with Crippen LogP contribution in [0.4, 0.5) is 10.1 Å². The second-order valence-electron chi connectivity index (χ2n) is 5.89. The molecule has 0 saturated carbocycles. The van der Waals surface area contributed by atoms with Gasteiger partial charge in [0.2, 0.25) is 0 Å². The van der Waals surface area contributed by atoms with Crippen molar-refractivity contribution in [3.05, 3.63) is 71.8 Å². The van der Waals surface area contributed by atoms with Crippen molar-refractivity contribution >= 4 is 11.6 Å². The Morgan fingerprint density at radius 3 is 2.56 bits per heavy atom. The monoisotopic (exact) mass is 339 g/mol. The third-order valence-electron chi connectivity index (χ3n) is 3.61. The Morgan fingerprint density at radius 1 is 1.20 bits per heavy atom. The number of nitrogens with zero attached hydrogens (tertiary/aromatic N) is 4. The summed E-state index contributed by atoms with van der Waals surface area (Å²) >= 11 is 0. The lowest BCUT2D eigenvalue weighted by Gasteiger charge is -2.12. The Kier molecular flexibility index (Phi) is 4.85. The van der Waals surface area contributed by atoms with Crippen LogP contribution in [-0.4, -0.2) is 39.9 Å². The van der Waals surface area contributed by atoms with Crippen molar-refractivity contribution in [1.29, 1.82) is 0 Å². The van der Waals surface area contributed by atoms with Gasteiger partial charge in [0.15, 0.2) is 0 Å². The zero-order chi connectivity index (χ0) is 17.8. The van der Waals surface area contributed by atoms with Crippen LogP contribution in [0.25, 0.3) is 5.69 Å². The maximum Gasteiger partial charge on any atom is 0.255 e. The molecule has 0 fully saturated rings. The number of amides is 1. The van der Waals surface area contributed by atoms with Crippen LogP contribution in [0.2, 0.25) is 0 Å². The van der Waals surface area contributed by atoms with Crippen molar-refractivity contribution in [1.82, 2.24) is 19.9 Å². The normalized spacial score (nSPS) is 10.9. The average molecular weight is 339 g/mol. The molecular weight excluding hydrogens is 321 g/mol. The van der Waals surface area contributed by atoms with E-state index in [0.717, 1.165) is 5.69 Å². The minimum atomic E-state index is -0.340. The van der Waals surface area contributed by atoms with Gasteiger partial charge in [-0.2, -0.15) is 0 Å². The van der Waals surface area contributed by atoms with E-state index in [1.807, 2.05) is 19.0 Å². The Bertz CT molecular complexity index is 860. The fourth-order valence-corrected chi connectivity index (χ4v) is 2.41. The summed E-state index contributed by atoms with van der Waals surface area (Å²) in [6.07, 6.45) is 3.29. The average Bonchev–Trinajstić information content (AvgIpc) is 3.12. The number of carbonyl (C=O) groups excluding carboxylic acids is 1. The van der Waals surface area contributed by atoms with Crippen LogP contribution in [0.1, 0.15) is 15.9 Å². The summed E-state index contributed by atoms with van der Waals surface area (Å²) in [5.41, 5.74) is 2.28. The highest BCUT2D eigenvalue weighted by atomic mass is 19.1. The zero-order valence-corrected chi connectivity index (χ0v) is 14.0. The highest BCUT2D eigenvalue weighted by Gasteiger charge is 2.09. The number of carbonyl (C=O) groups is 1. The molecule has 1 aromatic heterocycles. The molecule has 1 N–H and O–H groups in total. The fraction of sp³-hybridized carbons (Fsp3) is 0.167. The van der Waals surface area contributed by atoms with Crippen molar-refractivity contribution < 1.29 is 9.18 Å². The van der Waals surface area contributed by atoms with E-state index in [9.17, 15) is 9.18 Å². The number of benzene rings is 2. The van der Waals surface area contributed by atoms with E-state index >= 15 is 0 Å². The number of nitrogens with one attached hydrogen (secondary N) is 1. The van der Waals surface area contributed by atoms with Gasteiger partial charge < -0.3 is 10.2 Å². The number of aromatic nitrogens is 3. The van der Waals surface area contributed by atoms with E-state index in [2.05, 4.69) is 15.6 Å². The summed E-state index contributed by atoms with van der Waals surface area (Å²) in [6, 6.07) is 11.6. The molecule has 0 unspecified atom stereocenters. The van der Waals surface area contributed by atoms with Gasteiger partial charge >= 0.3 is 0 Å². The predicted octanol–water partition coefficient (Wildman–Crippen LogP) is 2.72. The smallest absolute Gasteiger partial charge is 0.255 e. The predicted molar refractivity (Wildman–Crippen MR) is 93.1 cm³/mol. The molecule has 1 amide bonds. The lowest BCUT2D eigenvalue weighted by Crippen LogP contribution is -2.14. The molecule has 0 radical (unpaired) electrons. The number of halogens is 1. The topological polar surface area (TPSA) is 63.1 Å². The van der Waals surface area contributed by atoms with Gasteiger partial charge in [-0.3, -0.25) is 4.79 Å². The zero-order valence-electron chi connectivity index (χ0n) is 14.0. The molecule has 3 aromatic rings. The highest BCUT2D eigenvalue weighted by Crippen LogP contribution is 2.17. The van der Waals surface area contributed by atoms with Crippen molar-refractivity contribution in [3.63, 3.8) is 0 Å². The summed E-state index contributed by atoms with van der Waals surface area (Å²) in [5.74, 6) is -0.641. The van der Waals surface area contributed by atoms with E-state index in [-0.39, 0.29) is 11.7 Å². The second-order valence-corrected chi connectivity index (χ2v) is 5.89. The number of hydrogen-bond acceptors (Lipinski definition) is 4. The van der Waals surface area contributed by atoms with Gasteiger partial charge in [-0.25, -0.2) is 9.07 Å². The molecule has 0 aliphatic rings. The van der Waals surface area contributed by atoms with Crippen LogP contribution >= 0.6 is 0 Å². The summed E-state index contributed by atoms with van der Waals surface area (Å²) < 4.78 is 15.7. The molecule has 7 heteroatoms. The van der Waals surface area contributed by atoms with Crippen LogP contribution < -0.4 is 5.32 Å². The van der Waals surface area contributed by atoms with Crippen molar-refractivity contribution in [2.75, 3.05) is 19.4 Å². The van der Waals surface area contributed by atoms with Gasteiger partial charge in [-0.15, -0.1) is 5.10 Å². The van der Waals surface area contributed by atoms with Crippen molar-refractivity contribution in [2.45, 2.75) is 6.54 Å². The maximum atomic E-state index is 14.1. The minimum Gasteiger partial charge on any atom is -0.322 e. The first-order valence-corrected chi connectivity index (χ1v) is 7.74. The Labute approximate surface area is 144 Å². The maximum absolute atomic E-state index is 14.1. The first-order chi connectivity index (χ1) is 12.0. The third-order valence-corrected chi connectivity index (χ3v) is 3.61. The van der Waals surface area contributed by atoms with Gasteiger partial charge in [0.1, 0.15) is 5.82 Å². The van der Waals surface area contributed by atoms with E-state index < -0.39 is 0 Å². The van der Waals surface area contributed by atoms with Crippen LogP contribution in [0.3, 0.4) is 0 Å². The van der Waals surface area contributed by atoms with Gasteiger partial charge in [-0.05, 0) is 50.5 Å². The molecule has 25 heavy (non-hydrogen) atoms. The molecule has 1 heterocycles. The molecule has 6 nitrogen and oxygen atoms in total. The summed E-state index contributed by atoms with van der Waals surface area (Å²) in [7, 11) is 3.75. The largest absolute Gasteiger partial charge is 0.322 e. The van der Waals surface area contributed by atoms with E-state index in [0.29, 0.717) is 23.4 Å². The molecule has 0 bridgehead atoms. The lowest BCUT2D eigenvalue weighted by atomic mass is 10.1. The number of anilines is 1. The summed E-state index contributed by atoms with van der Waals surface area (Å²) in [6.45, 7) is 0.504. The van der Waals surface area contributed by atoms with Crippen molar-refractivity contribution in [2.24, 2.45) is 0 Å². The molecular formula is C18H18FN5O. The van der Waals surface area contributed by atoms with Crippen LogP contribution in [-0.2, 0) is 6.54 Å². The molecule has 0 spiro atoms. The summed E-state index contributed by atoms with van der Waals surface area (Å²) in [4.78, 5) is 14.2. The Balaban J connectivity index is 1.70. The standard InChI is InChI=1S/C18H18FN5O/c1-23(2)12-14-3-6-15(11-17(14)19)21-18(25)13-4-7-16(8-5-13)24-10-9-20-22-24/h3-11H,12H2,1-2H3,(H,21,25). The molecule has 0 aliphatic carbocycles. The SMILES string of the molecule is CN(C)Cc1ccc(NC(=O)c2ccc(-n3ccnn3)cc2)cc1F. The quantitative estimate of drug-likeness (QED) is 0.776. The fourth-order valence-electron chi connectivity index (χ4n) is 2.41. The van der Waals surface area contributed by atoms with E-state index in [1.54, 1.807) is 53.5 Å². The van der Waals surface area contributed by atoms with Crippen LogP contribution in [0.5, 0.6) is 0 Å². The molecule has 2 aromatic carbocycles. The van der Waals surface area contributed by atoms with Gasteiger partial charge in [0, 0.05) is 23.4 Å². The highest BCUT2D eigenvalue weighted by molar-refractivity contribution is 6.04. The molecule has 128 valence electrons. The van der Waals surface area contributed by atoms with Gasteiger partial charge in [0.25, 0.3) is 5.91 Å². The van der Waals surface area contributed by atoms with E-state index in [4.69, 9.17) is 0 Å². The molecule has 0 aliphatic heterocycles. The van der Waals surface area contributed by atoms with E-state index in [1.165, 1.54) is 6.07 Å². The summed E-state index contributed by atoms with van der Waals surface area (Å²) in [5, 5.41) is 10.3.